The molecule has 0 saturated heterocycles. The third-order valence-corrected chi connectivity index (χ3v) is 4.38. The lowest BCUT2D eigenvalue weighted by Crippen LogP contribution is -2.11. The summed E-state index contributed by atoms with van der Waals surface area (Å²) in [5.41, 5.74) is 2.44. The SMILES string of the molecule is Clc1ccc(C(c2cccc3ccccc23)n2ccnc2)cc1. The van der Waals surface area contributed by atoms with Gasteiger partial charge in [0.25, 0.3) is 0 Å². The summed E-state index contributed by atoms with van der Waals surface area (Å²) in [6.45, 7) is 0. The summed E-state index contributed by atoms with van der Waals surface area (Å²) < 4.78 is 2.13. The first-order valence-corrected chi connectivity index (χ1v) is 7.91. The van der Waals surface area contributed by atoms with Gasteiger partial charge in [-0.1, -0.05) is 66.2 Å². The molecule has 2 nitrogen and oxygen atoms in total. The first kappa shape index (κ1) is 14.0. The molecule has 0 aliphatic carbocycles. The first-order chi connectivity index (χ1) is 11.3. The smallest absolute Gasteiger partial charge is 0.0954 e. The Morgan fingerprint density at radius 2 is 1.65 bits per heavy atom. The Morgan fingerprint density at radius 3 is 2.43 bits per heavy atom. The molecule has 3 aromatic carbocycles. The summed E-state index contributed by atoms with van der Waals surface area (Å²) in [4.78, 5) is 4.23. The third-order valence-electron chi connectivity index (χ3n) is 4.13. The van der Waals surface area contributed by atoms with E-state index in [-0.39, 0.29) is 6.04 Å². The van der Waals surface area contributed by atoms with Gasteiger partial charge < -0.3 is 4.57 Å². The number of hydrogen-bond donors (Lipinski definition) is 0. The Balaban J connectivity index is 1.96. The average Bonchev–Trinajstić information content (AvgIpc) is 3.11. The van der Waals surface area contributed by atoms with Crippen molar-refractivity contribution in [3.8, 4) is 0 Å². The van der Waals surface area contributed by atoms with Crippen molar-refractivity contribution in [2.45, 2.75) is 6.04 Å². The summed E-state index contributed by atoms with van der Waals surface area (Å²) in [6, 6.07) is 23.0. The highest BCUT2D eigenvalue weighted by atomic mass is 35.5. The molecule has 112 valence electrons. The number of fused-ring (bicyclic) bond motifs is 1. The van der Waals surface area contributed by atoms with E-state index in [1.807, 2.05) is 30.9 Å². The lowest BCUT2D eigenvalue weighted by atomic mass is 9.93. The van der Waals surface area contributed by atoms with Crippen molar-refractivity contribution in [1.82, 2.24) is 9.55 Å². The molecule has 0 spiro atoms. The molecule has 0 radical (unpaired) electrons. The molecular weight excluding hydrogens is 304 g/mol. The maximum atomic E-state index is 6.06. The van der Waals surface area contributed by atoms with E-state index in [1.165, 1.54) is 21.9 Å². The molecule has 0 aliphatic heterocycles. The minimum atomic E-state index is 0.0702. The Hall–Kier alpha value is -2.58. The number of rotatable bonds is 3. The second kappa shape index (κ2) is 5.90. The van der Waals surface area contributed by atoms with Crippen LogP contribution in [-0.2, 0) is 0 Å². The predicted molar refractivity (Wildman–Crippen MR) is 94.9 cm³/mol. The van der Waals surface area contributed by atoms with Crippen LogP contribution in [0.4, 0.5) is 0 Å². The second-order valence-corrected chi connectivity index (χ2v) is 5.97. The quantitative estimate of drug-likeness (QED) is 0.499. The molecule has 0 amide bonds. The number of halogens is 1. The van der Waals surface area contributed by atoms with Crippen LogP contribution >= 0.6 is 11.6 Å². The van der Waals surface area contributed by atoms with E-state index in [0.29, 0.717) is 0 Å². The summed E-state index contributed by atoms with van der Waals surface area (Å²) in [6.07, 6.45) is 5.68. The molecule has 3 heteroatoms. The van der Waals surface area contributed by atoms with Gasteiger partial charge in [-0.2, -0.15) is 0 Å². The summed E-state index contributed by atoms with van der Waals surface area (Å²) >= 11 is 6.06. The van der Waals surface area contributed by atoms with Gasteiger partial charge in [-0.05, 0) is 34.0 Å². The molecule has 1 atom stereocenters. The summed E-state index contributed by atoms with van der Waals surface area (Å²) in [5, 5.41) is 3.24. The third kappa shape index (κ3) is 2.62. The summed E-state index contributed by atoms with van der Waals surface area (Å²) in [5.74, 6) is 0. The Morgan fingerprint density at radius 1 is 0.870 bits per heavy atom. The van der Waals surface area contributed by atoms with E-state index in [4.69, 9.17) is 11.6 Å². The Labute approximate surface area is 140 Å². The van der Waals surface area contributed by atoms with Gasteiger partial charge in [0.05, 0.1) is 12.4 Å². The van der Waals surface area contributed by atoms with Crippen LogP contribution in [0.1, 0.15) is 17.2 Å². The van der Waals surface area contributed by atoms with Crippen LogP contribution in [0.25, 0.3) is 10.8 Å². The van der Waals surface area contributed by atoms with E-state index in [1.54, 1.807) is 0 Å². The van der Waals surface area contributed by atoms with Crippen molar-refractivity contribution in [3.63, 3.8) is 0 Å². The van der Waals surface area contributed by atoms with Crippen LogP contribution in [0.5, 0.6) is 0 Å². The predicted octanol–water partition coefficient (Wildman–Crippen LogP) is 5.33. The fourth-order valence-electron chi connectivity index (χ4n) is 3.07. The van der Waals surface area contributed by atoms with Gasteiger partial charge in [0.1, 0.15) is 0 Å². The van der Waals surface area contributed by atoms with Crippen LogP contribution in [0.15, 0.2) is 85.5 Å². The molecule has 0 bridgehead atoms. The maximum Gasteiger partial charge on any atom is 0.0954 e. The van der Waals surface area contributed by atoms with Gasteiger partial charge in [-0.25, -0.2) is 4.98 Å². The van der Waals surface area contributed by atoms with Crippen molar-refractivity contribution < 1.29 is 0 Å². The van der Waals surface area contributed by atoms with Crippen LogP contribution in [-0.4, -0.2) is 9.55 Å². The molecule has 23 heavy (non-hydrogen) atoms. The molecule has 1 heterocycles. The lowest BCUT2D eigenvalue weighted by molar-refractivity contribution is 0.681. The molecule has 0 saturated carbocycles. The molecule has 4 aromatic rings. The zero-order valence-corrected chi connectivity index (χ0v) is 13.2. The minimum absolute atomic E-state index is 0.0702. The number of nitrogens with zero attached hydrogens (tertiary/aromatic N) is 2. The van der Waals surface area contributed by atoms with Crippen molar-refractivity contribution >= 4 is 22.4 Å². The Bertz CT molecular complexity index is 922. The second-order valence-electron chi connectivity index (χ2n) is 5.53. The van der Waals surface area contributed by atoms with Crippen molar-refractivity contribution in [3.05, 3.63) is 102 Å². The molecule has 0 aliphatic rings. The van der Waals surface area contributed by atoms with Gasteiger partial charge in [-0.3, -0.25) is 0 Å². The molecule has 4 rings (SSSR count). The molecule has 0 fully saturated rings. The van der Waals surface area contributed by atoms with Crippen LogP contribution < -0.4 is 0 Å². The van der Waals surface area contributed by atoms with Gasteiger partial charge in [0, 0.05) is 17.4 Å². The molecule has 1 unspecified atom stereocenters. The number of hydrogen-bond acceptors (Lipinski definition) is 1. The highest BCUT2D eigenvalue weighted by molar-refractivity contribution is 6.30. The zero-order chi connectivity index (χ0) is 15.6. The van der Waals surface area contributed by atoms with E-state index in [9.17, 15) is 0 Å². The standard InChI is InChI=1S/C20H15ClN2/c21-17-10-8-16(9-11-17)20(23-13-12-22-14-23)19-7-3-5-15-4-1-2-6-18(15)19/h1-14,20H. The fraction of sp³-hybridized carbons (Fsp3) is 0.0500. The highest BCUT2D eigenvalue weighted by Crippen LogP contribution is 2.32. The van der Waals surface area contributed by atoms with Gasteiger partial charge >= 0.3 is 0 Å². The van der Waals surface area contributed by atoms with Crippen LogP contribution in [0, 0.1) is 0 Å². The largest absolute Gasteiger partial charge is 0.326 e. The number of aromatic nitrogens is 2. The average molecular weight is 319 g/mol. The van der Waals surface area contributed by atoms with Crippen molar-refractivity contribution in [1.29, 1.82) is 0 Å². The normalized spacial score (nSPS) is 12.4. The van der Waals surface area contributed by atoms with E-state index in [0.717, 1.165) is 5.02 Å². The van der Waals surface area contributed by atoms with Crippen LogP contribution in [0.2, 0.25) is 5.02 Å². The highest BCUT2D eigenvalue weighted by Gasteiger charge is 2.18. The van der Waals surface area contributed by atoms with E-state index >= 15 is 0 Å². The molecule has 0 N–H and O–H groups in total. The van der Waals surface area contributed by atoms with E-state index < -0.39 is 0 Å². The summed E-state index contributed by atoms with van der Waals surface area (Å²) in [7, 11) is 0. The van der Waals surface area contributed by atoms with Crippen molar-refractivity contribution in [2.24, 2.45) is 0 Å². The Kier molecular flexibility index (Phi) is 3.60. The number of imidazole rings is 1. The minimum Gasteiger partial charge on any atom is -0.326 e. The molecule has 1 aromatic heterocycles. The number of benzene rings is 3. The first-order valence-electron chi connectivity index (χ1n) is 7.53. The monoisotopic (exact) mass is 318 g/mol. The van der Waals surface area contributed by atoms with Gasteiger partial charge in [0.2, 0.25) is 0 Å². The fourth-order valence-corrected chi connectivity index (χ4v) is 3.19. The zero-order valence-electron chi connectivity index (χ0n) is 12.4. The lowest BCUT2D eigenvalue weighted by Gasteiger charge is -2.21. The maximum absolute atomic E-state index is 6.06. The topological polar surface area (TPSA) is 17.8 Å². The van der Waals surface area contributed by atoms with Crippen molar-refractivity contribution in [2.75, 3.05) is 0 Å². The molecular formula is C20H15ClN2. The van der Waals surface area contributed by atoms with E-state index in [2.05, 4.69) is 64.1 Å². The van der Waals surface area contributed by atoms with Gasteiger partial charge in [0.15, 0.2) is 0 Å². The van der Waals surface area contributed by atoms with Crippen LogP contribution in [0.3, 0.4) is 0 Å². The van der Waals surface area contributed by atoms with Gasteiger partial charge in [-0.15, -0.1) is 0 Å².